The van der Waals surface area contributed by atoms with Crippen molar-refractivity contribution in [3.63, 3.8) is 0 Å². The molecular formula is C17H21N5OS. The molecular weight excluding hydrogens is 322 g/mol. The maximum Gasteiger partial charge on any atom is 0.222 e. The van der Waals surface area contributed by atoms with Gasteiger partial charge in [-0.05, 0) is 24.8 Å². The van der Waals surface area contributed by atoms with Crippen LogP contribution in [0.1, 0.15) is 36.4 Å². The van der Waals surface area contributed by atoms with E-state index in [1.165, 1.54) is 4.88 Å². The number of aryl methyl sites for hydroxylation is 1. The lowest BCUT2D eigenvalue weighted by Crippen LogP contribution is -2.29. The first-order valence-corrected chi connectivity index (χ1v) is 8.92. The molecule has 0 saturated carbocycles. The van der Waals surface area contributed by atoms with Crippen molar-refractivity contribution in [2.45, 2.75) is 32.7 Å². The first-order valence-electron chi connectivity index (χ1n) is 8.04. The number of imidazole rings is 1. The molecule has 2 N–H and O–H groups in total. The second kappa shape index (κ2) is 7.44. The highest BCUT2D eigenvalue weighted by Gasteiger charge is 2.14. The zero-order chi connectivity index (χ0) is 16.9. The van der Waals surface area contributed by atoms with E-state index in [0.29, 0.717) is 13.0 Å². The fraction of sp³-hybridized carbons (Fsp3) is 0.353. The molecule has 1 atom stereocenters. The van der Waals surface area contributed by atoms with Gasteiger partial charge >= 0.3 is 0 Å². The van der Waals surface area contributed by atoms with Gasteiger partial charge in [0, 0.05) is 30.2 Å². The molecule has 3 rings (SSSR count). The number of carbonyl (C=O) groups is 1. The number of amides is 1. The van der Waals surface area contributed by atoms with Gasteiger partial charge in [-0.1, -0.05) is 13.0 Å². The summed E-state index contributed by atoms with van der Waals surface area (Å²) in [6.45, 7) is 4.59. The Morgan fingerprint density at radius 2 is 2.33 bits per heavy atom. The Labute approximate surface area is 145 Å². The second-order valence-electron chi connectivity index (χ2n) is 5.57. The molecule has 0 unspecified atom stereocenters. The van der Waals surface area contributed by atoms with Crippen molar-refractivity contribution in [2.75, 3.05) is 11.9 Å². The Hall–Kier alpha value is -2.41. The van der Waals surface area contributed by atoms with Crippen LogP contribution >= 0.6 is 11.3 Å². The highest BCUT2D eigenvalue weighted by molar-refractivity contribution is 7.10. The lowest BCUT2D eigenvalue weighted by atomic mass is 10.2. The minimum atomic E-state index is 0.0518. The minimum Gasteiger partial charge on any atom is -0.369 e. The molecule has 0 saturated heterocycles. The molecule has 0 aromatic carbocycles. The largest absolute Gasteiger partial charge is 0.369 e. The van der Waals surface area contributed by atoms with Crippen molar-refractivity contribution in [1.82, 2.24) is 19.7 Å². The number of carbonyl (C=O) groups excluding carboxylic acids is 1. The van der Waals surface area contributed by atoms with E-state index in [4.69, 9.17) is 0 Å². The van der Waals surface area contributed by atoms with Gasteiger partial charge in [0.1, 0.15) is 5.82 Å². The van der Waals surface area contributed by atoms with Crippen LogP contribution < -0.4 is 10.6 Å². The van der Waals surface area contributed by atoms with E-state index in [9.17, 15) is 4.79 Å². The monoisotopic (exact) mass is 343 g/mol. The van der Waals surface area contributed by atoms with Crippen LogP contribution in [0.15, 0.2) is 36.1 Å². The summed E-state index contributed by atoms with van der Waals surface area (Å²) < 4.78 is 1.95. The fourth-order valence-electron chi connectivity index (χ4n) is 2.66. The van der Waals surface area contributed by atoms with Crippen LogP contribution in [0.3, 0.4) is 0 Å². The SMILES string of the molecule is CC[C@@H](NC(=O)CCNc1c(C)nc2cnccn12)c1cccs1. The predicted octanol–water partition coefficient (Wildman–Crippen LogP) is 3.17. The molecule has 3 aromatic rings. The molecule has 0 radical (unpaired) electrons. The standard InChI is InChI=1S/C17H21N5OS/c1-3-13(14-5-4-10-24-14)21-16(23)6-7-19-17-12(2)20-15-11-18-8-9-22(15)17/h4-5,8-11,13,19H,3,6-7H2,1-2H3,(H,21,23)/t13-/m1/s1. The quantitative estimate of drug-likeness (QED) is 0.691. The summed E-state index contributed by atoms with van der Waals surface area (Å²) in [6, 6.07) is 4.17. The average molecular weight is 343 g/mol. The van der Waals surface area contributed by atoms with Crippen LogP contribution in [0.5, 0.6) is 0 Å². The van der Waals surface area contributed by atoms with Crippen molar-refractivity contribution in [3.8, 4) is 0 Å². The number of hydrogen-bond acceptors (Lipinski definition) is 5. The maximum atomic E-state index is 12.2. The van der Waals surface area contributed by atoms with E-state index >= 15 is 0 Å². The predicted molar refractivity (Wildman–Crippen MR) is 96.3 cm³/mol. The van der Waals surface area contributed by atoms with Crippen molar-refractivity contribution in [1.29, 1.82) is 0 Å². The van der Waals surface area contributed by atoms with E-state index in [0.717, 1.165) is 23.6 Å². The van der Waals surface area contributed by atoms with Gasteiger partial charge in [0.15, 0.2) is 5.65 Å². The van der Waals surface area contributed by atoms with Crippen LogP contribution in [0.25, 0.3) is 5.65 Å². The van der Waals surface area contributed by atoms with Crippen molar-refractivity contribution in [2.24, 2.45) is 0 Å². The number of nitrogens with zero attached hydrogens (tertiary/aromatic N) is 3. The van der Waals surface area contributed by atoms with E-state index in [1.807, 2.05) is 29.0 Å². The van der Waals surface area contributed by atoms with Crippen molar-refractivity contribution >= 4 is 28.7 Å². The van der Waals surface area contributed by atoms with E-state index in [-0.39, 0.29) is 11.9 Å². The summed E-state index contributed by atoms with van der Waals surface area (Å²) in [4.78, 5) is 21.9. The molecule has 24 heavy (non-hydrogen) atoms. The minimum absolute atomic E-state index is 0.0518. The van der Waals surface area contributed by atoms with Gasteiger partial charge in [-0.15, -0.1) is 11.3 Å². The Morgan fingerprint density at radius 3 is 3.08 bits per heavy atom. The van der Waals surface area contributed by atoms with Gasteiger partial charge in [0.25, 0.3) is 0 Å². The number of aromatic nitrogens is 3. The summed E-state index contributed by atoms with van der Waals surface area (Å²) in [5.74, 6) is 0.960. The maximum absolute atomic E-state index is 12.2. The third kappa shape index (κ3) is 3.56. The zero-order valence-corrected chi connectivity index (χ0v) is 14.6. The first kappa shape index (κ1) is 16.4. The third-order valence-corrected chi connectivity index (χ3v) is 4.87. The molecule has 6 nitrogen and oxygen atoms in total. The number of nitrogens with one attached hydrogen (secondary N) is 2. The Morgan fingerprint density at radius 1 is 1.46 bits per heavy atom. The summed E-state index contributed by atoms with van der Waals surface area (Å²) >= 11 is 1.67. The van der Waals surface area contributed by atoms with Crippen molar-refractivity contribution < 1.29 is 4.79 Å². The fourth-order valence-corrected chi connectivity index (χ4v) is 3.52. The Balaban J connectivity index is 1.56. The molecule has 0 spiro atoms. The highest BCUT2D eigenvalue weighted by atomic mass is 32.1. The van der Waals surface area contributed by atoms with E-state index in [1.54, 1.807) is 23.7 Å². The zero-order valence-electron chi connectivity index (χ0n) is 13.8. The molecule has 1 amide bonds. The van der Waals surface area contributed by atoms with Crippen molar-refractivity contribution in [3.05, 3.63) is 46.7 Å². The third-order valence-electron chi connectivity index (χ3n) is 3.88. The molecule has 0 aliphatic heterocycles. The molecule has 0 fully saturated rings. The summed E-state index contributed by atoms with van der Waals surface area (Å²) in [6.07, 6.45) is 6.61. The molecule has 126 valence electrons. The number of rotatable bonds is 7. The number of fused-ring (bicyclic) bond motifs is 1. The molecule has 3 aromatic heterocycles. The molecule has 3 heterocycles. The molecule has 7 heteroatoms. The van der Waals surface area contributed by atoms with Gasteiger partial charge < -0.3 is 10.6 Å². The van der Waals surface area contributed by atoms with E-state index in [2.05, 4.69) is 33.6 Å². The van der Waals surface area contributed by atoms with Crippen LogP contribution in [0.4, 0.5) is 5.82 Å². The second-order valence-corrected chi connectivity index (χ2v) is 6.55. The van der Waals surface area contributed by atoms with E-state index < -0.39 is 0 Å². The van der Waals surface area contributed by atoms with Crippen LogP contribution in [0.2, 0.25) is 0 Å². The van der Waals surface area contributed by atoms with Gasteiger partial charge in [-0.3, -0.25) is 14.2 Å². The molecule has 0 aliphatic rings. The number of hydrogen-bond donors (Lipinski definition) is 2. The van der Waals surface area contributed by atoms with Crippen LogP contribution in [0, 0.1) is 6.92 Å². The lowest BCUT2D eigenvalue weighted by Gasteiger charge is -2.15. The van der Waals surface area contributed by atoms with Crippen LogP contribution in [-0.2, 0) is 4.79 Å². The van der Waals surface area contributed by atoms with Gasteiger partial charge in [0.05, 0.1) is 17.9 Å². The number of thiophene rings is 1. The Bertz CT molecular complexity index is 812. The Kier molecular flexibility index (Phi) is 5.10. The normalized spacial score (nSPS) is 12.2. The van der Waals surface area contributed by atoms with Gasteiger partial charge in [0.2, 0.25) is 5.91 Å². The lowest BCUT2D eigenvalue weighted by molar-refractivity contribution is -0.121. The molecule has 0 aliphatic carbocycles. The van der Waals surface area contributed by atoms with Crippen LogP contribution in [-0.4, -0.2) is 26.8 Å². The first-order chi connectivity index (χ1) is 11.7. The van der Waals surface area contributed by atoms with Gasteiger partial charge in [-0.25, -0.2) is 4.98 Å². The summed E-state index contributed by atoms with van der Waals surface area (Å²) in [5.41, 5.74) is 1.69. The average Bonchev–Trinajstić information content (AvgIpc) is 3.21. The molecule has 0 bridgehead atoms. The summed E-state index contributed by atoms with van der Waals surface area (Å²) in [7, 11) is 0. The smallest absolute Gasteiger partial charge is 0.222 e. The van der Waals surface area contributed by atoms with Gasteiger partial charge in [-0.2, -0.15) is 0 Å². The number of anilines is 1. The topological polar surface area (TPSA) is 71.3 Å². The summed E-state index contributed by atoms with van der Waals surface area (Å²) in [5, 5.41) is 8.44. The highest BCUT2D eigenvalue weighted by Crippen LogP contribution is 2.21.